The number of carbonyl (C=O) groups is 1. The van der Waals surface area contributed by atoms with Crippen molar-refractivity contribution < 1.29 is 18.8 Å². The van der Waals surface area contributed by atoms with Gasteiger partial charge in [-0.3, -0.25) is 5.32 Å². The normalized spacial score (nSPS) is 19.2. The molecule has 0 saturated carbocycles. The van der Waals surface area contributed by atoms with E-state index in [0.717, 1.165) is 5.56 Å². The molecule has 5 nitrogen and oxygen atoms in total. The minimum absolute atomic E-state index is 0.350. The van der Waals surface area contributed by atoms with E-state index in [4.69, 9.17) is 14.0 Å². The number of hydrogen-bond acceptors (Lipinski definition) is 4. The minimum Gasteiger partial charge on any atom is -0.444 e. The molecule has 0 bridgehead atoms. The van der Waals surface area contributed by atoms with E-state index < -0.39 is 11.7 Å². The van der Waals surface area contributed by atoms with Crippen LogP contribution in [0.1, 0.15) is 54.0 Å². The molecule has 0 aromatic heterocycles. The number of carbonyl (C=O) groups excluding carboxylic acids is 1. The van der Waals surface area contributed by atoms with Gasteiger partial charge in [-0.2, -0.15) is 0 Å². The van der Waals surface area contributed by atoms with Gasteiger partial charge in [-0.15, -0.1) is 0 Å². The summed E-state index contributed by atoms with van der Waals surface area (Å²) in [6, 6.07) is 7.61. The molecule has 1 amide bonds. The molecule has 0 atom stereocenters. The Labute approximate surface area is 145 Å². The molecule has 6 heteroatoms. The van der Waals surface area contributed by atoms with Crippen molar-refractivity contribution in [3.63, 3.8) is 0 Å². The zero-order chi connectivity index (χ0) is 18.2. The Bertz CT molecular complexity index is 591. The Hall–Kier alpha value is -1.53. The van der Waals surface area contributed by atoms with Gasteiger partial charge in [0.15, 0.2) is 0 Å². The maximum Gasteiger partial charge on any atom is 0.462 e. The number of anilines is 1. The fourth-order valence-electron chi connectivity index (χ4n) is 2.46. The first-order chi connectivity index (χ1) is 10.9. The van der Waals surface area contributed by atoms with Crippen LogP contribution in [0.2, 0.25) is 0 Å². The van der Waals surface area contributed by atoms with Gasteiger partial charge in [0.1, 0.15) is 5.60 Å². The van der Waals surface area contributed by atoms with Crippen LogP contribution in [-0.2, 0) is 20.4 Å². The molecular formula is C18H28BNO4. The Balaban J connectivity index is 2.09. The smallest absolute Gasteiger partial charge is 0.444 e. The summed E-state index contributed by atoms with van der Waals surface area (Å²) < 4.78 is 17.4. The second kappa shape index (κ2) is 6.41. The molecule has 0 spiro atoms. The lowest BCUT2D eigenvalue weighted by Gasteiger charge is -2.32. The fraction of sp³-hybridized carbons (Fsp3) is 0.611. The molecule has 1 fully saturated rings. The van der Waals surface area contributed by atoms with Crippen molar-refractivity contribution in [2.24, 2.45) is 0 Å². The molecule has 1 aliphatic heterocycles. The largest absolute Gasteiger partial charge is 0.462 e. The molecule has 1 aliphatic rings. The zero-order valence-electron chi connectivity index (χ0n) is 15.7. The third kappa shape index (κ3) is 4.51. The summed E-state index contributed by atoms with van der Waals surface area (Å²) in [6.45, 7) is 13.6. The van der Waals surface area contributed by atoms with Crippen LogP contribution in [0, 0.1) is 0 Å². The molecule has 0 aliphatic carbocycles. The lowest BCUT2D eigenvalue weighted by atomic mass is 9.80. The summed E-state index contributed by atoms with van der Waals surface area (Å²) in [5, 5.41) is 2.81. The maximum absolute atomic E-state index is 12.0. The molecular weight excluding hydrogens is 305 g/mol. The Morgan fingerprint density at radius 2 is 1.67 bits per heavy atom. The van der Waals surface area contributed by atoms with Crippen LogP contribution in [0.15, 0.2) is 24.3 Å². The van der Waals surface area contributed by atoms with Crippen molar-refractivity contribution >= 4 is 18.9 Å². The van der Waals surface area contributed by atoms with E-state index in [1.165, 1.54) is 0 Å². The average molecular weight is 333 g/mol. The Morgan fingerprint density at radius 1 is 1.12 bits per heavy atom. The van der Waals surface area contributed by atoms with Gasteiger partial charge in [-0.05, 0) is 60.1 Å². The van der Waals surface area contributed by atoms with Crippen LogP contribution in [-0.4, -0.2) is 30.0 Å². The first-order valence-corrected chi connectivity index (χ1v) is 8.33. The van der Waals surface area contributed by atoms with Gasteiger partial charge >= 0.3 is 13.2 Å². The van der Waals surface area contributed by atoms with E-state index in [9.17, 15) is 4.79 Å². The molecule has 1 saturated heterocycles. The van der Waals surface area contributed by atoms with Crippen LogP contribution in [0.3, 0.4) is 0 Å². The highest BCUT2D eigenvalue weighted by Gasteiger charge is 2.50. The van der Waals surface area contributed by atoms with E-state index >= 15 is 0 Å². The first-order valence-electron chi connectivity index (χ1n) is 8.33. The highest BCUT2D eigenvalue weighted by molar-refractivity contribution is 6.45. The van der Waals surface area contributed by atoms with E-state index in [1.807, 2.05) is 72.7 Å². The highest BCUT2D eigenvalue weighted by Crippen LogP contribution is 2.37. The molecule has 2 rings (SSSR count). The summed E-state index contributed by atoms with van der Waals surface area (Å²) in [7, 11) is -0.350. The van der Waals surface area contributed by atoms with Gasteiger partial charge in [-0.1, -0.05) is 18.2 Å². The van der Waals surface area contributed by atoms with E-state index in [1.54, 1.807) is 0 Å². The van der Waals surface area contributed by atoms with Gasteiger partial charge in [-0.25, -0.2) is 4.79 Å². The zero-order valence-corrected chi connectivity index (χ0v) is 15.7. The van der Waals surface area contributed by atoms with Crippen molar-refractivity contribution in [2.75, 3.05) is 5.32 Å². The summed E-state index contributed by atoms with van der Waals surface area (Å²) in [5.41, 5.74) is 0.379. The van der Waals surface area contributed by atoms with Crippen molar-refractivity contribution in [1.82, 2.24) is 0 Å². The van der Waals surface area contributed by atoms with Gasteiger partial charge < -0.3 is 14.0 Å². The van der Waals surface area contributed by atoms with Crippen LogP contribution in [0.5, 0.6) is 0 Å². The number of amides is 1. The van der Waals surface area contributed by atoms with Crippen molar-refractivity contribution in [1.29, 1.82) is 0 Å². The summed E-state index contributed by atoms with van der Waals surface area (Å²) in [6.07, 6.45) is 0.0858. The number of rotatable bonds is 3. The molecule has 1 aromatic carbocycles. The highest BCUT2D eigenvalue weighted by atomic mass is 16.7. The molecule has 24 heavy (non-hydrogen) atoms. The van der Waals surface area contributed by atoms with Gasteiger partial charge in [0.2, 0.25) is 0 Å². The van der Waals surface area contributed by atoms with Crippen LogP contribution in [0.25, 0.3) is 0 Å². The Kier molecular flexibility index (Phi) is 5.02. The number of ether oxygens (including phenoxy) is 1. The summed E-state index contributed by atoms with van der Waals surface area (Å²) in [4.78, 5) is 12.0. The molecule has 1 aromatic rings. The standard InChI is InChI=1S/C18H28BNO4/c1-16(2,3)22-15(21)20-14-11-9-8-10-13(14)12-19-23-17(4,5)18(6,7)24-19/h8-11H,12H2,1-7H3,(H,20,21). The van der Waals surface area contributed by atoms with Gasteiger partial charge in [0.05, 0.1) is 11.2 Å². The predicted octanol–water partition coefficient (Wildman–Crippen LogP) is 4.21. The quantitative estimate of drug-likeness (QED) is 0.842. The molecule has 0 unspecified atom stereocenters. The number of para-hydroxylation sites is 1. The van der Waals surface area contributed by atoms with E-state index in [0.29, 0.717) is 12.0 Å². The molecule has 0 radical (unpaired) electrons. The lowest BCUT2D eigenvalue weighted by Crippen LogP contribution is -2.41. The van der Waals surface area contributed by atoms with Crippen LogP contribution in [0.4, 0.5) is 10.5 Å². The number of hydrogen-bond donors (Lipinski definition) is 1. The van der Waals surface area contributed by atoms with Crippen molar-refractivity contribution in [2.45, 2.75) is 71.6 Å². The van der Waals surface area contributed by atoms with Crippen molar-refractivity contribution in [3.8, 4) is 0 Å². The second-order valence-corrected chi connectivity index (χ2v) is 8.17. The lowest BCUT2D eigenvalue weighted by molar-refractivity contribution is 0.00578. The maximum atomic E-state index is 12.0. The monoisotopic (exact) mass is 333 g/mol. The topological polar surface area (TPSA) is 56.8 Å². The number of benzene rings is 1. The van der Waals surface area contributed by atoms with E-state index in [-0.39, 0.29) is 18.3 Å². The molecule has 132 valence electrons. The minimum atomic E-state index is -0.537. The van der Waals surface area contributed by atoms with Crippen LogP contribution >= 0.6 is 0 Å². The SMILES string of the molecule is CC(C)(C)OC(=O)Nc1ccccc1CB1OC(C)(C)C(C)(C)O1. The number of nitrogens with one attached hydrogen (secondary N) is 1. The van der Waals surface area contributed by atoms with Crippen molar-refractivity contribution in [3.05, 3.63) is 29.8 Å². The molecule has 1 N–H and O–H groups in total. The third-order valence-electron chi connectivity index (χ3n) is 4.34. The second-order valence-electron chi connectivity index (χ2n) is 8.17. The van der Waals surface area contributed by atoms with Gasteiger partial charge in [0, 0.05) is 12.0 Å². The fourth-order valence-corrected chi connectivity index (χ4v) is 2.46. The first kappa shape index (κ1) is 18.8. The summed E-state index contributed by atoms with van der Waals surface area (Å²) >= 11 is 0. The van der Waals surface area contributed by atoms with Crippen LogP contribution < -0.4 is 5.32 Å². The van der Waals surface area contributed by atoms with E-state index in [2.05, 4.69) is 5.32 Å². The third-order valence-corrected chi connectivity index (χ3v) is 4.34. The Morgan fingerprint density at radius 3 is 2.21 bits per heavy atom. The average Bonchev–Trinajstić information content (AvgIpc) is 2.57. The molecule has 1 heterocycles. The predicted molar refractivity (Wildman–Crippen MR) is 96.1 cm³/mol. The summed E-state index contributed by atoms with van der Waals surface area (Å²) in [5.74, 6) is 0. The van der Waals surface area contributed by atoms with Gasteiger partial charge in [0.25, 0.3) is 0 Å².